The van der Waals surface area contributed by atoms with Crippen LogP contribution in [0.4, 0.5) is 23.2 Å². The van der Waals surface area contributed by atoms with Crippen LogP contribution in [0.1, 0.15) is 23.0 Å². The van der Waals surface area contributed by atoms with Gasteiger partial charge in [0.1, 0.15) is 16.4 Å². The fourth-order valence-corrected chi connectivity index (χ4v) is 4.19. The minimum atomic E-state index is -4.96. The van der Waals surface area contributed by atoms with Crippen LogP contribution in [0.3, 0.4) is 0 Å². The van der Waals surface area contributed by atoms with Crippen molar-refractivity contribution in [3.8, 4) is 0 Å². The molecule has 1 atom stereocenters. The molecule has 0 aliphatic heterocycles. The lowest BCUT2D eigenvalue weighted by Crippen LogP contribution is -2.36. The molecule has 0 bridgehead atoms. The highest BCUT2D eigenvalue weighted by Crippen LogP contribution is 2.33. The molecule has 1 aromatic carbocycles. The summed E-state index contributed by atoms with van der Waals surface area (Å²) in [4.78, 5) is 12.2. The average molecular weight is 461 g/mol. The van der Waals surface area contributed by atoms with E-state index in [2.05, 4.69) is 17.6 Å². The maximum atomic E-state index is 13.4. The van der Waals surface area contributed by atoms with E-state index in [0.717, 1.165) is 33.4 Å². The fraction of sp³-hybridized carbons (Fsp3) is 0.263. The van der Waals surface area contributed by atoms with Crippen LogP contribution in [0.5, 0.6) is 0 Å². The Bertz CT molecular complexity index is 1140. The van der Waals surface area contributed by atoms with Gasteiger partial charge in [0.15, 0.2) is 0 Å². The van der Waals surface area contributed by atoms with E-state index in [9.17, 15) is 35.9 Å². The summed E-state index contributed by atoms with van der Waals surface area (Å²) in [5.74, 6) is -2.41. The number of alkyl halides is 3. The molecular formula is C19H19F4N3O4S. The Morgan fingerprint density at radius 3 is 2.58 bits per heavy atom. The first-order chi connectivity index (χ1) is 14.3. The van der Waals surface area contributed by atoms with Crippen LogP contribution in [0.2, 0.25) is 0 Å². The second-order valence-corrected chi connectivity index (χ2v) is 8.36. The molecule has 0 unspecified atom stereocenters. The molecule has 168 valence electrons. The highest BCUT2D eigenvalue weighted by Gasteiger charge is 2.34. The standard InChI is InChI=1S/C19H19F4N3O4S/c1-4-7-26(12(2)11-27)31(29,30)14-9-17(25(3)10-14)18(28)24-13-5-6-16(20)15(8-13)19(21,22)23/h5-10,12,27H,1,11H2,2-3H3,(H,24,28)/t12-/m1/s1. The smallest absolute Gasteiger partial charge is 0.394 e. The quantitative estimate of drug-likeness (QED) is 0.490. The molecule has 1 aromatic heterocycles. The van der Waals surface area contributed by atoms with E-state index in [0.29, 0.717) is 12.1 Å². The number of benzene rings is 1. The Balaban J connectivity index is 2.38. The van der Waals surface area contributed by atoms with Crippen molar-refractivity contribution in [1.82, 2.24) is 8.87 Å². The summed E-state index contributed by atoms with van der Waals surface area (Å²) in [5, 5.41) is 11.5. The molecule has 0 aliphatic rings. The first kappa shape index (κ1) is 24.2. The van der Waals surface area contributed by atoms with Gasteiger partial charge in [0.25, 0.3) is 15.9 Å². The van der Waals surface area contributed by atoms with Crippen LogP contribution in [0.15, 0.2) is 53.9 Å². The zero-order valence-electron chi connectivity index (χ0n) is 16.4. The number of hydrogen-bond donors (Lipinski definition) is 2. The molecule has 12 heteroatoms. The molecule has 0 fully saturated rings. The Labute approximate surface area is 176 Å². The summed E-state index contributed by atoms with van der Waals surface area (Å²) in [6.45, 7) is 4.25. The average Bonchev–Trinajstić information content (AvgIpc) is 3.08. The normalized spacial score (nSPS) is 12.7. The van der Waals surface area contributed by atoms with Crippen molar-refractivity contribution in [3.05, 3.63) is 66.0 Å². The summed E-state index contributed by atoms with van der Waals surface area (Å²) in [6, 6.07) is 2.12. The van der Waals surface area contributed by atoms with Gasteiger partial charge < -0.3 is 15.0 Å². The van der Waals surface area contributed by atoms with Gasteiger partial charge in [-0.15, -0.1) is 5.73 Å². The Hall–Kier alpha value is -3.08. The number of anilines is 1. The lowest BCUT2D eigenvalue weighted by Gasteiger charge is -2.24. The Kier molecular flexibility index (Phi) is 6.99. The molecule has 1 amide bonds. The number of amides is 1. The van der Waals surface area contributed by atoms with E-state index in [-0.39, 0.29) is 16.3 Å². The molecule has 0 saturated heterocycles. The van der Waals surface area contributed by atoms with Gasteiger partial charge in [0, 0.05) is 18.9 Å². The van der Waals surface area contributed by atoms with Gasteiger partial charge in [-0.25, -0.2) is 12.8 Å². The van der Waals surface area contributed by atoms with Gasteiger partial charge in [-0.05, 0) is 31.2 Å². The lowest BCUT2D eigenvalue weighted by molar-refractivity contribution is -0.139. The number of aliphatic hydroxyl groups is 1. The van der Waals surface area contributed by atoms with Crippen molar-refractivity contribution in [2.24, 2.45) is 7.05 Å². The summed E-state index contributed by atoms with van der Waals surface area (Å²) >= 11 is 0. The molecule has 0 spiro atoms. The van der Waals surface area contributed by atoms with Gasteiger partial charge >= 0.3 is 6.18 Å². The van der Waals surface area contributed by atoms with Crippen molar-refractivity contribution in [2.45, 2.75) is 24.0 Å². The van der Waals surface area contributed by atoms with Crippen LogP contribution < -0.4 is 5.32 Å². The third-order valence-corrected chi connectivity index (χ3v) is 6.07. The zero-order chi connectivity index (χ0) is 23.6. The van der Waals surface area contributed by atoms with E-state index in [4.69, 9.17) is 0 Å². The molecule has 0 aliphatic carbocycles. The largest absolute Gasteiger partial charge is 0.419 e. The zero-order valence-corrected chi connectivity index (χ0v) is 17.3. The number of aliphatic hydroxyl groups excluding tert-OH is 1. The first-order valence-corrected chi connectivity index (χ1v) is 10.1. The predicted octanol–water partition coefficient (Wildman–Crippen LogP) is 3.11. The highest BCUT2D eigenvalue weighted by atomic mass is 32.2. The van der Waals surface area contributed by atoms with Gasteiger partial charge in [0.05, 0.1) is 24.4 Å². The van der Waals surface area contributed by atoms with Crippen molar-refractivity contribution >= 4 is 21.6 Å². The molecule has 2 N–H and O–H groups in total. The minimum Gasteiger partial charge on any atom is -0.394 e. The summed E-state index contributed by atoms with van der Waals surface area (Å²) in [7, 11) is -2.83. The maximum Gasteiger partial charge on any atom is 0.419 e. The summed E-state index contributed by atoms with van der Waals surface area (Å²) in [6.07, 6.45) is -2.80. The topological polar surface area (TPSA) is 91.6 Å². The van der Waals surface area contributed by atoms with Crippen LogP contribution in [-0.2, 0) is 23.2 Å². The predicted molar refractivity (Wildman–Crippen MR) is 104 cm³/mol. The molecular weight excluding hydrogens is 442 g/mol. The van der Waals surface area contributed by atoms with Crippen molar-refractivity contribution in [2.75, 3.05) is 11.9 Å². The Morgan fingerprint density at radius 1 is 1.39 bits per heavy atom. The number of hydrogen-bond acceptors (Lipinski definition) is 4. The van der Waals surface area contributed by atoms with Crippen LogP contribution >= 0.6 is 0 Å². The first-order valence-electron chi connectivity index (χ1n) is 8.67. The minimum absolute atomic E-state index is 0.185. The van der Waals surface area contributed by atoms with Gasteiger partial charge in [0.2, 0.25) is 0 Å². The van der Waals surface area contributed by atoms with Crippen molar-refractivity contribution in [1.29, 1.82) is 0 Å². The molecule has 0 saturated carbocycles. The molecule has 2 aromatic rings. The van der Waals surface area contributed by atoms with Gasteiger partial charge in [-0.2, -0.15) is 13.2 Å². The van der Waals surface area contributed by atoms with Gasteiger partial charge in [-0.3, -0.25) is 9.10 Å². The van der Waals surface area contributed by atoms with E-state index < -0.39 is 46.1 Å². The van der Waals surface area contributed by atoms with E-state index >= 15 is 0 Å². The Morgan fingerprint density at radius 2 is 2.03 bits per heavy atom. The lowest BCUT2D eigenvalue weighted by atomic mass is 10.1. The third kappa shape index (κ3) is 5.16. The number of rotatable bonds is 7. The maximum absolute atomic E-state index is 13.4. The number of sulfonamides is 1. The van der Waals surface area contributed by atoms with Crippen LogP contribution in [-0.4, -0.2) is 41.0 Å². The van der Waals surface area contributed by atoms with Crippen LogP contribution in [0.25, 0.3) is 0 Å². The van der Waals surface area contributed by atoms with Gasteiger partial charge in [-0.1, -0.05) is 6.58 Å². The van der Waals surface area contributed by atoms with E-state index in [1.807, 2.05) is 0 Å². The SMILES string of the molecule is C=C=CN([C@H](C)CO)S(=O)(=O)c1cc(C(=O)Nc2ccc(F)c(C(F)(F)F)c2)n(C)c1. The number of aromatic nitrogens is 1. The molecule has 2 rings (SSSR count). The number of nitrogens with zero attached hydrogens (tertiary/aromatic N) is 2. The van der Waals surface area contributed by atoms with E-state index in [1.54, 1.807) is 0 Å². The van der Waals surface area contributed by atoms with Crippen LogP contribution in [0, 0.1) is 5.82 Å². The number of carbonyl (C=O) groups excluding carboxylic acids is 1. The number of carbonyl (C=O) groups is 1. The summed E-state index contributed by atoms with van der Waals surface area (Å²) < 4.78 is 79.7. The second-order valence-electron chi connectivity index (χ2n) is 6.52. The highest BCUT2D eigenvalue weighted by molar-refractivity contribution is 7.89. The number of aryl methyl sites for hydroxylation is 1. The molecule has 7 nitrogen and oxygen atoms in total. The van der Waals surface area contributed by atoms with Crippen molar-refractivity contribution < 1.29 is 35.9 Å². The summed E-state index contributed by atoms with van der Waals surface area (Å²) in [5.41, 5.74) is 0.250. The molecule has 1 heterocycles. The number of halogens is 4. The fourth-order valence-electron chi connectivity index (χ4n) is 2.64. The monoisotopic (exact) mass is 461 g/mol. The molecule has 31 heavy (non-hydrogen) atoms. The molecule has 0 radical (unpaired) electrons. The van der Waals surface area contributed by atoms with Crippen molar-refractivity contribution in [3.63, 3.8) is 0 Å². The third-order valence-electron chi connectivity index (χ3n) is 4.23. The number of nitrogens with one attached hydrogen (secondary N) is 1. The second kappa shape index (κ2) is 8.96. The van der Waals surface area contributed by atoms with E-state index in [1.165, 1.54) is 14.0 Å².